The van der Waals surface area contributed by atoms with Crippen molar-refractivity contribution in [1.29, 1.82) is 0 Å². The van der Waals surface area contributed by atoms with Gasteiger partial charge in [-0.05, 0) is 31.7 Å². The van der Waals surface area contributed by atoms with Crippen LogP contribution in [0.2, 0.25) is 10.0 Å². The summed E-state index contributed by atoms with van der Waals surface area (Å²) in [6.45, 7) is 2.50. The number of aryl methyl sites for hydroxylation is 1. The Hall–Kier alpha value is -3.44. The monoisotopic (exact) mass is 499 g/mol. The highest BCUT2D eigenvalue weighted by atomic mass is 35.5. The smallest absolute Gasteiger partial charge is 0.271 e. The second kappa shape index (κ2) is 7.81. The van der Waals surface area contributed by atoms with Crippen LogP contribution in [0.4, 0.5) is 11.6 Å². The molecule has 6 rings (SSSR count). The molecular weight excluding hydrogens is 481 g/mol. The summed E-state index contributed by atoms with van der Waals surface area (Å²) >= 11 is 12.7. The van der Waals surface area contributed by atoms with E-state index in [0.29, 0.717) is 39.9 Å². The van der Waals surface area contributed by atoms with Gasteiger partial charge in [-0.2, -0.15) is 5.10 Å². The van der Waals surface area contributed by atoms with E-state index in [9.17, 15) is 4.79 Å². The first-order chi connectivity index (χ1) is 16.4. The number of hydrogen-bond donors (Lipinski definition) is 2. The molecule has 2 bridgehead atoms. The quantitative estimate of drug-likeness (QED) is 0.433. The van der Waals surface area contributed by atoms with Gasteiger partial charge in [0, 0.05) is 12.7 Å². The normalized spacial score (nSPS) is 21.5. The largest absolute Gasteiger partial charge is 0.380 e. The molecule has 2 fully saturated rings. The standard InChI is InChI=1S/C21H19Cl2N9O2/c1-9-27-8-32(29-9)11-4-12(22)17(25-5-11)21(33)28-16-10-2-3-14(16)31(7-10)20-18-15(13(23)6-26-20)19(24)30-34-18/h4-6,8,10,14,16H,2-3,7H2,1H3,(H2,24,30)(H,28,33). The highest BCUT2D eigenvalue weighted by molar-refractivity contribution is 6.36. The molecular formula is C21H19Cl2N9O2. The fourth-order valence-corrected chi connectivity index (χ4v) is 5.48. The number of nitrogen functional groups attached to an aromatic ring is 1. The molecule has 34 heavy (non-hydrogen) atoms. The summed E-state index contributed by atoms with van der Waals surface area (Å²) in [6.07, 6.45) is 6.56. The van der Waals surface area contributed by atoms with Crippen LogP contribution in [-0.2, 0) is 0 Å². The number of rotatable bonds is 4. The van der Waals surface area contributed by atoms with Crippen molar-refractivity contribution in [2.75, 3.05) is 17.2 Å². The molecule has 4 aromatic rings. The second-order valence-electron chi connectivity index (χ2n) is 8.52. The van der Waals surface area contributed by atoms with Crippen molar-refractivity contribution in [3.63, 3.8) is 0 Å². The maximum atomic E-state index is 13.1. The van der Waals surface area contributed by atoms with Crippen molar-refractivity contribution in [3.05, 3.63) is 46.4 Å². The van der Waals surface area contributed by atoms with Gasteiger partial charge in [0.1, 0.15) is 17.8 Å². The summed E-state index contributed by atoms with van der Waals surface area (Å²) in [6, 6.07) is 1.60. The Labute approximate surface area is 203 Å². The SMILES string of the molecule is Cc1ncn(-c2cnc(C(=O)NC3C4CCC3N(c3ncc(Cl)c5c(N)noc35)C4)c(Cl)c2)n1. The van der Waals surface area contributed by atoms with E-state index in [2.05, 4.69) is 35.4 Å². The van der Waals surface area contributed by atoms with Crippen LogP contribution in [0.1, 0.15) is 29.2 Å². The summed E-state index contributed by atoms with van der Waals surface area (Å²) < 4.78 is 7.00. The number of nitrogens with one attached hydrogen (secondary N) is 1. The van der Waals surface area contributed by atoms with E-state index in [1.807, 2.05) is 0 Å². The summed E-state index contributed by atoms with van der Waals surface area (Å²) in [5, 5.41) is 12.4. The highest BCUT2D eigenvalue weighted by Gasteiger charge is 2.49. The van der Waals surface area contributed by atoms with Crippen molar-refractivity contribution in [2.45, 2.75) is 31.8 Å². The van der Waals surface area contributed by atoms with Gasteiger partial charge in [-0.1, -0.05) is 28.4 Å². The molecule has 0 radical (unpaired) electrons. The molecule has 3 unspecified atom stereocenters. The predicted octanol–water partition coefficient (Wildman–Crippen LogP) is 2.79. The van der Waals surface area contributed by atoms with Gasteiger partial charge in [0.2, 0.25) is 5.58 Å². The molecule has 1 amide bonds. The number of piperidine rings is 1. The number of nitrogens with two attached hydrogens (primary N) is 1. The Morgan fingerprint density at radius 3 is 2.82 bits per heavy atom. The number of amides is 1. The number of fused-ring (bicyclic) bond motifs is 3. The van der Waals surface area contributed by atoms with Crippen molar-refractivity contribution >= 4 is 51.7 Å². The number of aromatic nitrogens is 6. The second-order valence-corrected chi connectivity index (χ2v) is 9.33. The molecule has 5 heterocycles. The third-order valence-electron chi connectivity index (χ3n) is 6.53. The Bertz CT molecular complexity index is 1440. The van der Waals surface area contributed by atoms with Crippen LogP contribution in [0.15, 0.2) is 29.3 Å². The first-order valence-corrected chi connectivity index (χ1v) is 11.5. The minimum absolute atomic E-state index is 0.0355. The molecule has 3 N–H and O–H groups in total. The fraction of sp³-hybridized carbons (Fsp3) is 0.333. The van der Waals surface area contributed by atoms with E-state index in [0.717, 1.165) is 12.8 Å². The van der Waals surface area contributed by atoms with Crippen LogP contribution in [0.3, 0.4) is 0 Å². The topological polar surface area (TPSA) is 141 Å². The molecule has 11 nitrogen and oxygen atoms in total. The molecule has 0 spiro atoms. The number of nitrogens with zero attached hydrogens (tertiary/aromatic N) is 7. The third kappa shape index (κ3) is 3.26. The van der Waals surface area contributed by atoms with Crippen molar-refractivity contribution < 1.29 is 9.32 Å². The summed E-state index contributed by atoms with van der Waals surface area (Å²) in [5.74, 6) is 1.40. The molecule has 1 saturated heterocycles. The molecule has 1 aliphatic carbocycles. The van der Waals surface area contributed by atoms with Gasteiger partial charge in [0.05, 0.1) is 39.4 Å². The summed E-state index contributed by atoms with van der Waals surface area (Å²) in [5.41, 5.74) is 7.16. The van der Waals surface area contributed by atoms with Crippen molar-refractivity contribution in [2.24, 2.45) is 5.92 Å². The van der Waals surface area contributed by atoms with Crippen molar-refractivity contribution in [3.8, 4) is 5.69 Å². The molecule has 0 aromatic carbocycles. The lowest BCUT2D eigenvalue weighted by atomic mass is 10.1. The zero-order valence-corrected chi connectivity index (χ0v) is 19.5. The number of carbonyl (C=O) groups excluding carboxylic acids is 1. The molecule has 3 atom stereocenters. The maximum Gasteiger partial charge on any atom is 0.271 e. The third-order valence-corrected chi connectivity index (χ3v) is 7.11. The van der Waals surface area contributed by atoms with Gasteiger partial charge >= 0.3 is 0 Å². The first-order valence-electron chi connectivity index (χ1n) is 10.7. The van der Waals surface area contributed by atoms with Gasteiger partial charge in [-0.15, -0.1) is 0 Å². The van der Waals surface area contributed by atoms with Gasteiger partial charge < -0.3 is 20.5 Å². The summed E-state index contributed by atoms with van der Waals surface area (Å²) in [7, 11) is 0. The zero-order chi connectivity index (χ0) is 23.6. The number of halogens is 2. The van der Waals surface area contributed by atoms with E-state index in [1.54, 1.807) is 36.4 Å². The van der Waals surface area contributed by atoms with Crippen LogP contribution >= 0.6 is 23.2 Å². The molecule has 4 aromatic heterocycles. The number of carbonyl (C=O) groups is 1. The van der Waals surface area contributed by atoms with Crippen LogP contribution in [-0.4, -0.2) is 54.4 Å². The first kappa shape index (κ1) is 21.1. The van der Waals surface area contributed by atoms with E-state index in [1.165, 1.54) is 0 Å². The van der Waals surface area contributed by atoms with Gasteiger partial charge in [0.15, 0.2) is 11.6 Å². The van der Waals surface area contributed by atoms with Gasteiger partial charge in [-0.25, -0.2) is 19.6 Å². The zero-order valence-electron chi connectivity index (χ0n) is 17.9. The van der Waals surface area contributed by atoms with Crippen LogP contribution in [0.5, 0.6) is 0 Å². The predicted molar refractivity (Wildman–Crippen MR) is 125 cm³/mol. The van der Waals surface area contributed by atoms with E-state index >= 15 is 0 Å². The van der Waals surface area contributed by atoms with Crippen LogP contribution in [0.25, 0.3) is 16.7 Å². The maximum absolute atomic E-state index is 13.1. The van der Waals surface area contributed by atoms with E-state index in [-0.39, 0.29) is 40.4 Å². The van der Waals surface area contributed by atoms with Crippen molar-refractivity contribution in [1.82, 2.24) is 35.2 Å². The number of anilines is 2. The Morgan fingerprint density at radius 2 is 2.06 bits per heavy atom. The van der Waals surface area contributed by atoms with E-state index in [4.69, 9.17) is 33.5 Å². The fourth-order valence-electron chi connectivity index (χ4n) is 5.00. The summed E-state index contributed by atoms with van der Waals surface area (Å²) in [4.78, 5) is 28.1. The Kier molecular flexibility index (Phi) is 4.85. The average Bonchev–Trinajstić information content (AvgIpc) is 3.59. The van der Waals surface area contributed by atoms with E-state index < -0.39 is 0 Å². The lowest BCUT2D eigenvalue weighted by Crippen LogP contribution is -2.44. The molecule has 2 aliphatic rings. The van der Waals surface area contributed by atoms with Crippen LogP contribution < -0.4 is 16.0 Å². The van der Waals surface area contributed by atoms with Gasteiger partial charge in [0.25, 0.3) is 5.91 Å². The van der Waals surface area contributed by atoms with Gasteiger partial charge in [-0.3, -0.25) is 4.79 Å². The van der Waals surface area contributed by atoms with Crippen LogP contribution in [0, 0.1) is 12.8 Å². The molecule has 174 valence electrons. The minimum atomic E-state index is -0.326. The molecule has 1 saturated carbocycles. The molecule has 1 aliphatic heterocycles. The minimum Gasteiger partial charge on any atom is -0.380 e. The molecule has 13 heteroatoms. The average molecular weight is 500 g/mol. The number of pyridine rings is 2. The Balaban J connectivity index is 1.24. The lowest BCUT2D eigenvalue weighted by molar-refractivity contribution is 0.0927. The number of hydrogen-bond acceptors (Lipinski definition) is 9. The Morgan fingerprint density at radius 1 is 1.21 bits per heavy atom. The lowest BCUT2D eigenvalue weighted by Gasteiger charge is -2.28. The highest BCUT2D eigenvalue weighted by Crippen LogP contribution is 2.43.